The summed E-state index contributed by atoms with van der Waals surface area (Å²) in [5, 5.41) is 2.88. The molecule has 0 aliphatic carbocycles. The molecule has 1 amide bonds. The molecule has 4 nitrogen and oxygen atoms in total. The van der Waals surface area contributed by atoms with Crippen LogP contribution >= 0.6 is 0 Å². The summed E-state index contributed by atoms with van der Waals surface area (Å²) in [6.07, 6.45) is 7.67. The van der Waals surface area contributed by atoms with Crippen molar-refractivity contribution in [2.24, 2.45) is 5.41 Å². The number of aromatic nitrogens is 2. The third-order valence-corrected chi connectivity index (χ3v) is 3.49. The molecule has 1 N–H and O–H groups in total. The lowest BCUT2D eigenvalue weighted by molar-refractivity contribution is 0.0935. The average Bonchev–Trinajstić information content (AvgIpc) is 2.40. The van der Waals surface area contributed by atoms with E-state index in [1.165, 1.54) is 12.8 Å². The Morgan fingerprint density at radius 2 is 1.94 bits per heavy atom. The smallest absolute Gasteiger partial charge is 0.289 e. The van der Waals surface area contributed by atoms with Crippen molar-refractivity contribution in [1.29, 1.82) is 0 Å². The summed E-state index contributed by atoms with van der Waals surface area (Å²) in [5.74, 6) is 0.0525. The summed E-state index contributed by atoms with van der Waals surface area (Å²) in [6, 6.07) is 1.70. The highest BCUT2D eigenvalue weighted by molar-refractivity contribution is 5.90. The van der Waals surface area contributed by atoms with Crippen LogP contribution < -0.4 is 5.32 Å². The molecule has 0 bridgehead atoms. The molecule has 1 aromatic heterocycles. The van der Waals surface area contributed by atoms with Crippen LogP contribution in [0.25, 0.3) is 0 Å². The number of hydrogen-bond acceptors (Lipinski definition) is 3. The van der Waals surface area contributed by atoms with Crippen LogP contribution in [0.1, 0.15) is 57.1 Å². The minimum atomic E-state index is -0.189. The van der Waals surface area contributed by atoms with Crippen LogP contribution in [0, 0.1) is 5.41 Å². The van der Waals surface area contributed by atoms with Gasteiger partial charge in [-0.3, -0.25) is 4.79 Å². The minimum absolute atomic E-state index is 0.189. The molecule has 0 saturated heterocycles. The van der Waals surface area contributed by atoms with E-state index in [2.05, 4.69) is 36.1 Å². The lowest BCUT2D eigenvalue weighted by Gasteiger charge is -2.27. The first-order chi connectivity index (χ1) is 8.61. The number of amides is 1. The Kier molecular flexibility index (Phi) is 5.75. The number of carbonyl (C=O) groups excluding carboxylic acids is 1. The van der Waals surface area contributed by atoms with Crippen LogP contribution in [0.2, 0.25) is 0 Å². The van der Waals surface area contributed by atoms with Crippen molar-refractivity contribution in [2.75, 3.05) is 6.54 Å². The molecule has 4 heteroatoms. The largest absolute Gasteiger partial charge is 0.349 e. The first-order valence-corrected chi connectivity index (χ1v) is 6.66. The van der Waals surface area contributed by atoms with Crippen LogP contribution in [0.4, 0.5) is 0 Å². The van der Waals surface area contributed by atoms with Crippen molar-refractivity contribution in [3.05, 3.63) is 24.3 Å². The van der Waals surface area contributed by atoms with Crippen LogP contribution in [0.15, 0.2) is 18.5 Å². The second kappa shape index (κ2) is 7.09. The summed E-state index contributed by atoms with van der Waals surface area (Å²) < 4.78 is 0. The zero-order valence-electron chi connectivity index (χ0n) is 11.6. The molecule has 0 fully saturated rings. The molecule has 1 heterocycles. The number of hydrogen-bond donors (Lipinski definition) is 1. The van der Waals surface area contributed by atoms with E-state index in [1.807, 2.05) is 0 Å². The van der Waals surface area contributed by atoms with E-state index in [-0.39, 0.29) is 11.7 Å². The van der Waals surface area contributed by atoms with E-state index in [0.29, 0.717) is 12.0 Å². The molecule has 0 aromatic carbocycles. The van der Waals surface area contributed by atoms with Crippen molar-refractivity contribution in [1.82, 2.24) is 15.3 Å². The molecule has 0 aliphatic heterocycles. The Balaban J connectivity index is 2.40. The van der Waals surface area contributed by atoms with Gasteiger partial charge in [-0.25, -0.2) is 9.97 Å². The topological polar surface area (TPSA) is 54.9 Å². The molecule has 1 rings (SSSR count). The minimum Gasteiger partial charge on any atom is -0.349 e. The van der Waals surface area contributed by atoms with Gasteiger partial charge in [0, 0.05) is 18.9 Å². The van der Waals surface area contributed by atoms with E-state index >= 15 is 0 Å². The Labute approximate surface area is 109 Å². The van der Waals surface area contributed by atoms with Gasteiger partial charge < -0.3 is 5.32 Å². The van der Waals surface area contributed by atoms with Gasteiger partial charge in [-0.2, -0.15) is 0 Å². The van der Waals surface area contributed by atoms with Gasteiger partial charge in [0.2, 0.25) is 5.82 Å². The molecule has 1 aromatic rings. The molecule has 18 heavy (non-hydrogen) atoms. The summed E-state index contributed by atoms with van der Waals surface area (Å²) in [4.78, 5) is 19.6. The zero-order valence-corrected chi connectivity index (χ0v) is 11.6. The van der Waals surface area contributed by atoms with Crippen LogP contribution in [0.3, 0.4) is 0 Å². The number of carbonyl (C=O) groups is 1. The fourth-order valence-corrected chi connectivity index (χ4v) is 2.06. The molecule has 1 unspecified atom stereocenters. The highest BCUT2D eigenvalue weighted by atomic mass is 16.2. The van der Waals surface area contributed by atoms with Crippen molar-refractivity contribution < 1.29 is 4.79 Å². The molecule has 0 spiro atoms. The van der Waals surface area contributed by atoms with E-state index in [1.54, 1.807) is 18.5 Å². The predicted molar refractivity (Wildman–Crippen MR) is 72.3 cm³/mol. The molecule has 0 saturated carbocycles. The molecule has 0 aliphatic rings. The Hall–Kier alpha value is -1.45. The maximum Gasteiger partial charge on any atom is 0.289 e. The highest BCUT2D eigenvalue weighted by Crippen LogP contribution is 2.30. The van der Waals surface area contributed by atoms with Crippen LogP contribution in [0.5, 0.6) is 0 Å². The van der Waals surface area contributed by atoms with Gasteiger partial charge in [0.05, 0.1) is 0 Å². The molecular weight excluding hydrogens is 226 g/mol. The fourth-order valence-electron chi connectivity index (χ4n) is 2.06. The molecule has 1 atom stereocenters. The highest BCUT2D eigenvalue weighted by Gasteiger charge is 2.20. The fraction of sp³-hybridized carbons (Fsp3) is 0.643. The molecular formula is C14H23N3O. The summed E-state index contributed by atoms with van der Waals surface area (Å²) >= 11 is 0. The first-order valence-electron chi connectivity index (χ1n) is 6.66. The monoisotopic (exact) mass is 249 g/mol. The lowest BCUT2D eigenvalue weighted by atomic mass is 9.80. The quantitative estimate of drug-likeness (QED) is 0.808. The lowest BCUT2D eigenvalue weighted by Crippen LogP contribution is -2.30. The SMILES string of the molecule is CCCC(C)(CC)CCNC(=O)c1ncccn1. The van der Waals surface area contributed by atoms with Gasteiger partial charge in [0.15, 0.2) is 0 Å². The second-order valence-electron chi connectivity index (χ2n) is 4.99. The van der Waals surface area contributed by atoms with Gasteiger partial charge in [0.1, 0.15) is 0 Å². The van der Waals surface area contributed by atoms with Gasteiger partial charge in [-0.15, -0.1) is 0 Å². The van der Waals surface area contributed by atoms with E-state index < -0.39 is 0 Å². The summed E-state index contributed by atoms with van der Waals surface area (Å²) in [7, 11) is 0. The third kappa shape index (κ3) is 4.43. The Morgan fingerprint density at radius 1 is 1.28 bits per heavy atom. The Bertz CT molecular complexity index is 367. The number of nitrogens with zero attached hydrogens (tertiary/aromatic N) is 2. The maximum absolute atomic E-state index is 11.7. The van der Waals surface area contributed by atoms with Gasteiger partial charge in [-0.1, -0.05) is 33.6 Å². The Morgan fingerprint density at radius 3 is 2.50 bits per heavy atom. The third-order valence-electron chi connectivity index (χ3n) is 3.49. The van der Waals surface area contributed by atoms with Crippen molar-refractivity contribution >= 4 is 5.91 Å². The zero-order chi connectivity index (χ0) is 13.4. The predicted octanol–water partition coefficient (Wildman–Crippen LogP) is 2.81. The van der Waals surface area contributed by atoms with Gasteiger partial charge in [-0.05, 0) is 24.3 Å². The number of rotatable bonds is 7. The van der Waals surface area contributed by atoms with E-state index in [4.69, 9.17) is 0 Å². The van der Waals surface area contributed by atoms with Crippen LogP contribution in [-0.4, -0.2) is 22.4 Å². The second-order valence-corrected chi connectivity index (χ2v) is 4.99. The van der Waals surface area contributed by atoms with E-state index in [9.17, 15) is 4.79 Å². The van der Waals surface area contributed by atoms with Crippen molar-refractivity contribution in [3.8, 4) is 0 Å². The van der Waals surface area contributed by atoms with Crippen molar-refractivity contribution in [3.63, 3.8) is 0 Å². The van der Waals surface area contributed by atoms with Crippen molar-refractivity contribution in [2.45, 2.75) is 46.5 Å². The normalized spacial score (nSPS) is 13.9. The molecule has 0 radical (unpaired) electrons. The van der Waals surface area contributed by atoms with Gasteiger partial charge in [0.25, 0.3) is 5.91 Å². The maximum atomic E-state index is 11.7. The summed E-state index contributed by atoms with van der Waals surface area (Å²) in [5.41, 5.74) is 0.319. The average molecular weight is 249 g/mol. The number of nitrogens with one attached hydrogen (secondary N) is 1. The first kappa shape index (κ1) is 14.6. The van der Waals surface area contributed by atoms with E-state index in [0.717, 1.165) is 12.8 Å². The summed E-state index contributed by atoms with van der Waals surface area (Å²) in [6.45, 7) is 7.37. The standard InChI is InChI=1S/C14H23N3O/c1-4-7-14(3,5-2)8-11-17-13(18)12-15-9-6-10-16-12/h6,9-10H,4-5,7-8,11H2,1-3H3,(H,17,18). The van der Waals surface area contributed by atoms with Gasteiger partial charge >= 0.3 is 0 Å². The van der Waals surface area contributed by atoms with Crippen LogP contribution in [-0.2, 0) is 0 Å². The molecule has 100 valence electrons.